The van der Waals surface area contributed by atoms with Gasteiger partial charge >= 0.3 is 5.97 Å². The summed E-state index contributed by atoms with van der Waals surface area (Å²) in [5.41, 5.74) is 0. The first-order valence-electron chi connectivity index (χ1n) is 4.96. The van der Waals surface area contributed by atoms with E-state index in [1.807, 2.05) is 0 Å². The molecular formula is C12H8Cl2O4. The Morgan fingerprint density at radius 3 is 2.61 bits per heavy atom. The first-order valence-corrected chi connectivity index (χ1v) is 5.71. The summed E-state index contributed by atoms with van der Waals surface area (Å²) in [7, 11) is 0. The van der Waals surface area contributed by atoms with Gasteiger partial charge in [0.1, 0.15) is 18.1 Å². The van der Waals surface area contributed by atoms with Crippen LogP contribution in [-0.4, -0.2) is 11.1 Å². The SMILES string of the molecule is O=C(O)c1ccc(COc2ccc(Cl)c(Cl)c2)o1. The zero-order chi connectivity index (χ0) is 13.1. The Hall–Kier alpha value is -1.65. The van der Waals surface area contributed by atoms with E-state index >= 15 is 0 Å². The molecule has 4 nitrogen and oxygen atoms in total. The molecule has 0 unspecified atom stereocenters. The predicted molar refractivity (Wildman–Crippen MR) is 66.5 cm³/mol. The normalized spacial score (nSPS) is 10.3. The van der Waals surface area contributed by atoms with E-state index in [2.05, 4.69) is 0 Å². The first-order chi connectivity index (χ1) is 8.56. The summed E-state index contributed by atoms with van der Waals surface area (Å²) in [6.45, 7) is 0.116. The van der Waals surface area contributed by atoms with E-state index in [4.69, 9.17) is 37.5 Å². The van der Waals surface area contributed by atoms with Gasteiger partial charge in [-0.15, -0.1) is 0 Å². The third-order valence-electron chi connectivity index (χ3n) is 2.14. The number of furan rings is 1. The van der Waals surface area contributed by atoms with Crippen molar-refractivity contribution in [1.82, 2.24) is 0 Å². The van der Waals surface area contributed by atoms with E-state index in [9.17, 15) is 4.79 Å². The van der Waals surface area contributed by atoms with E-state index in [-0.39, 0.29) is 12.4 Å². The van der Waals surface area contributed by atoms with Crippen LogP contribution in [0.5, 0.6) is 5.75 Å². The fourth-order valence-electron chi connectivity index (χ4n) is 1.29. The molecule has 0 spiro atoms. The Balaban J connectivity index is 2.02. The Kier molecular flexibility index (Phi) is 3.79. The molecule has 0 aliphatic heterocycles. The number of carbonyl (C=O) groups is 1. The molecule has 1 aromatic carbocycles. The van der Waals surface area contributed by atoms with E-state index in [0.29, 0.717) is 21.6 Å². The highest BCUT2D eigenvalue weighted by atomic mass is 35.5. The topological polar surface area (TPSA) is 59.7 Å². The lowest BCUT2D eigenvalue weighted by molar-refractivity contribution is 0.0658. The highest BCUT2D eigenvalue weighted by molar-refractivity contribution is 6.42. The maximum Gasteiger partial charge on any atom is 0.371 e. The van der Waals surface area contributed by atoms with Crippen LogP contribution < -0.4 is 4.74 Å². The van der Waals surface area contributed by atoms with Crippen molar-refractivity contribution >= 4 is 29.2 Å². The third-order valence-corrected chi connectivity index (χ3v) is 2.88. The molecule has 0 aliphatic carbocycles. The molecule has 94 valence electrons. The van der Waals surface area contributed by atoms with Crippen LogP contribution in [0.2, 0.25) is 10.0 Å². The Morgan fingerprint density at radius 2 is 2.00 bits per heavy atom. The number of rotatable bonds is 4. The second kappa shape index (κ2) is 5.33. The van der Waals surface area contributed by atoms with Gasteiger partial charge in [0.25, 0.3) is 0 Å². The molecule has 0 saturated carbocycles. The van der Waals surface area contributed by atoms with E-state index < -0.39 is 5.97 Å². The number of benzene rings is 1. The highest BCUT2D eigenvalue weighted by Gasteiger charge is 2.09. The van der Waals surface area contributed by atoms with E-state index in [1.54, 1.807) is 24.3 Å². The average Bonchev–Trinajstić information content (AvgIpc) is 2.79. The second-order valence-corrected chi connectivity index (χ2v) is 4.25. The molecule has 0 fully saturated rings. The summed E-state index contributed by atoms with van der Waals surface area (Å²) in [6, 6.07) is 7.76. The van der Waals surface area contributed by atoms with Crippen LogP contribution in [-0.2, 0) is 6.61 Å². The number of aromatic carboxylic acids is 1. The summed E-state index contributed by atoms with van der Waals surface area (Å²) in [5, 5.41) is 9.51. The Morgan fingerprint density at radius 1 is 1.22 bits per heavy atom. The van der Waals surface area contributed by atoms with Crippen LogP contribution in [0.4, 0.5) is 0 Å². The van der Waals surface area contributed by atoms with Gasteiger partial charge in [0.15, 0.2) is 0 Å². The summed E-state index contributed by atoms with van der Waals surface area (Å²) in [5.74, 6) is -0.297. The van der Waals surface area contributed by atoms with E-state index in [0.717, 1.165) is 0 Å². The van der Waals surface area contributed by atoms with Crippen LogP contribution in [0.25, 0.3) is 0 Å². The van der Waals surface area contributed by atoms with Gasteiger partial charge in [0.05, 0.1) is 10.0 Å². The molecule has 1 aromatic heterocycles. The lowest BCUT2D eigenvalue weighted by Gasteiger charge is -2.05. The molecule has 0 atom stereocenters. The number of hydrogen-bond donors (Lipinski definition) is 1. The average molecular weight is 287 g/mol. The monoisotopic (exact) mass is 286 g/mol. The molecule has 2 rings (SSSR count). The number of carboxylic acid groups (broad SMARTS) is 1. The van der Waals surface area contributed by atoms with Gasteiger partial charge in [0.2, 0.25) is 5.76 Å². The first kappa shape index (κ1) is 12.8. The molecule has 0 saturated heterocycles. The highest BCUT2D eigenvalue weighted by Crippen LogP contribution is 2.26. The lowest BCUT2D eigenvalue weighted by Crippen LogP contribution is -1.95. The number of carboxylic acids is 1. The molecule has 1 heterocycles. The lowest BCUT2D eigenvalue weighted by atomic mass is 10.3. The van der Waals surface area contributed by atoms with Gasteiger partial charge in [-0.05, 0) is 24.3 Å². The molecule has 1 N–H and O–H groups in total. The summed E-state index contributed by atoms with van der Waals surface area (Å²) in [4.78, 5) is 10.6. The van der Waals surface area contributed by atoms with Crippen molar-refractivity contribution in [2.45, 2.75) is 6.61 Å². The van der Waals surface area contributed by atoms with Crippen LogP contribution in [0, 0.1) is 0 Å². The number of hydrogen-bond acceptors (Lipinski definition) is 3. The molecule has 0 bridgehead atoms. The molecule has 0 amide bonds. The van der Waals surface area contributed by atoms with Crippen molar-refractivity contribution in [3.05, 3.63) is 51.9 Å². The predicted octanol–water partition coefficient (Wildman–Crippen LogP) is 3.86. The van der Waals surface area contributed by atoms with Crippen molar-refractivity contribution in [2.24, 2.45) is 0 Å². The quantitative estimate of drug-likeness (QED) is 0.927. The maximum atomic E-state index is 10.6. The third kappa shape index (κ3) is 2.97. The molecular weight excluding hydrogens is 279 g/mol. The smallest absolute Gasteiger partial charge is 0.371 e. The van der Waals surface area contributed by atoms with Gasteiger partial charge in [-0.2, -0.15) is 0 Å². The van der Waals surface area contributed by atoms with Gasteiger partial charge in [-0.3, -0.25) is 0 Å². The molecule has 2 aromatic rings. The van der Waals surface area contributed by atoms with Gasteiger partial charge in [-0.25, -0.2) is 4.79 Å². The fourth-order valence-corrected chi connectivity index (χ4v) is 1.58. The Labute approximate surface area is 113 Å². The number of halogens is 2. The standard InChI is InChI=1S/C12H8Cl2O4/c13-9-3-1-7(5-10(9)14)17-6-8-2-4-11(18-8)12(15)16/h1-5H,6H2,(H,15,16). The fraction of sp³-hybridized carbons (Fsp3) is 0.0833. The second-order valence-electron chi connectivity index (χ2n) is 3.44. The summed E-state index contributed by atoms with van der Waals surface area (Å²) >= 11 is 11.6. The minimum Gasteiger partial charge on any atom is -0.486 e. The zero-order valence-corrected chi connectivity index (χ0v) is 10.5. The van der Waals surface area contributed by atoms with Crippen molar-refractivity contribution in [3.63, 3.8) is 0 Å². The zero-order valence-electron chi connectivity index (χ0n) is 9.02. The molecule has 18 heavy (non-hydrogen) atoms. The summed E-state index contributed by atoms with van der Waals surface area (Å²) in [6.07, 6.45) is 0. The van der Waals surface area contributed by atoms with Gasteiger partial charge in [-0.1, -0.05) is 23.2 Å². The molecule has 0 aliphatic rings. The van der Waals surface area contributed by atoms with Crippen molar-refractivity contribution in [1.29, 1.82) is 0 Å². The molecule has 0 radical (unpaired) electrons. The Bertz CT molecular complexity index is 577. The minimum absolute atomic E-state index is 0.116. The van der Waals surface area contributed by atoms with Crippen LogP contribution in [0.3, 0.4) is 0 Å². The van der Waals surface area contributed by atoms with Crippen molar-refractivity contribution < 1.29 is 19.1 Å². The van der Waals surface area contributed by atoms with Crippen molar-refractivity contribution in [2.75, 3.05) is 0 Å². The van der Waals surface area contributed by atoms with E-state index in [1.165, 1.54) is 6.07 Å². The van der Waals surface area contributed by atoms with Crippen LogP contribution in [0.15, 0.2) is 34.7 Å². The molecule has 6 heteroatoms. The van der Waals surface area contributed by atoms with Gasteiger partial charge < -0.3 is 14.3 Å². The van der Waals surface area contributed by atoms with Gasteiger partial charge in [0, 0.05) is 6.07 Å². The van der Waals surface area contributed by atoms with Crippen LogP contribution >= 0.6 is 23.2 Å². The maximum absolute atomic E-state index is 10.6. The van der Waals surface area contributed by atoms with Crippen LogP contribution in [0.1, 0.15) is 16.3 Å². The minimum atomic E-state index is -1.12. The largest absolute Gasteiger partial charge is 0.486 e. The number of ether oxygens (including phenoxy) is 1. The summed E-state index contributed by atoms with van der Waals surface area (Å²) < 4.78 is 10.4. The van der Waals surface area contributed by atoms with Crippen molar-refractivity contribution in [3.8, 4) is 5.75 Å².